The van der Waals surface area contributed by atoms with E-state index in [1.54, 1.807) is 18.2 Å². The number of benzene rings is 2. The molecule has 0 N–H and O–H groups in total. The van der Waals surface area contributed by atoms with Crippen molar-refractivity contribution in [3.63, 3.8) is 0 Å². The number of piperazine rings is 1. The van der Waals surface area contributed by atoms with Crippen molar-refractivity contribution in [2.75, 3.05) is 26.7 Å². The van der Waals surface area contributed by atoms with Gasteiger partial charge >= 0.3 is 5.76 Å². The third kappa shape index (κ3) is 3.70. The number of fused-ring (bicyclic) bond motifs is 1. The highest BCUT2D eigenvalue weighted by molar-refractivity contribution is 6.31. The smallest absolute Gasteiger partial charge is 0.408 e. The second-order valence-electron chi connectivity index (χ2n) is 7.16. The molecule has 4 rings (SSSR count). The molecule has 6 nitrogen and oxygen atoms in total. The van der Waals surface area contributed by atoms with Crippen LogP contribution in [0.15, 0.2) is 57.7 Å². The molecular weight excluding hydrogens is 378 g/mol. The first kappa shape index (κ1) is 18.8. The van der Waals surface area contributed by atoms with Crippen LogP contribution < -0.4 is 5.76 Å². The molecule has 2 heterocycles. The number of hydrogen-bond acceptors (Lipinski definition) is 4. The Morgan fingerprint density at radius 1 is 1.18 bits per heavy atom. The quantitative estimate of drug-likeness (QED) is 0.676. The van der Waals surface area contributed by atoms with Crippen LogP contribution in [0.2, 0.25) is 5.02 Å². The fourth-order valence-corrected chi connectivity index (χ4v) is 3.94. The molecule has 0 spiro atoms. The van der Waals surface area contributed by atoms with Crippen LogP contribution >= 0.6 is 11.6 Å². The highest BCUT2D eigenvalue weighted by Gasteiger charge is 2.30. The molecule has 1 amide bonds. The van der Waals surface area contributed by atoms with Gasteiger partial charge in [0, 0.05) is 43.7 Å². The Bertz CT molecular complexity index is 1040. The van der Waals surface area contributed by atoms with Gasteiger partial charge in [-0.3, -0.25) is 9.36 Å². The Kier molecular flexibility index (Phi) is 5.24. The predicted octanol–water partition coefficient (Wildman–Crippen LogP) is 3.15. The molecule has 7 heteroatoms. The van der Waals surface area contributed by atoms with Crippen molar-refractivity contribution in [3.8, 4) is 0 Å². The molecule has 3 aromatic rings. The topological polar surface area (TPSA) is 58.7 Å². The number of likely N-dealkylation sites (N-methyl/N-ethyl adjacent to an activating group) is 1. The van der Waals surface area contributed by atoms with E-state index in [4.69, 9.17) is 16.0 Å². The minimum atomic E-state index is -0.469. The molecule has 0 radical (unpaired) electrons. The van der Waals surface area contributed by atoms with E-state index >= 15 is 0 Å². The molecule has 0 saturated carbocycles. The number of hydrogen-bond donors (Lipinski definition) is 0. The molecule has 1 aliphatic rings. The van der Waals surface area contributed by atoms with Gasteiger partial charge in [-0.05, 0) is 24.7 Å². The first-order chi connectivity index (χ1) is 13.5. The second-order valence-corrected chi connectivity index (χ2v) is 7.59. The van der Waals surface area contributed by atoms with E-state index in [0.717, 1.165) is 18.7 Å². The first-order valence-corrected chi connectivity index (χ1v) is 9.72. The van der Waals surface area contributed by atoms with Crippen molar-refractivity contribution < 1.29 is 9.21 Å². The Morgan fingerprint density at radius 3 is 2.75 bits per heavy atom. The summed E-state index contributed by atoms with van der Waals surface area (Å²) in [6.07, 6.45) is 0.240. The molecule has 0 aliphatic carbocycles. The maximum absolute atomic E-state index is 13.0. The lowest BCUT2D eigenvalue weighted by Crippen LogP contribution is -2.49. The molecule has 0 unspecified atom stereocenters. The van der Waals surface area contributed by atoms with E-state index in [1.807, 2.05) is 23.1 Å². The summed E-state index contributed by atoms with van der Waals surface area (Å²) in [5, 5.41) is 0.507. The number of amides is 1. The lowest BCUT2D eigenvalue weighted by molar-refractivity contribution is -0.136. The molecule has 0 bridgehead atoms. The molecule has 1 aliphatic heterocycles. The average Bonchev–Trinajstić information content (AvgIpc) is 3.00. The van der Waals surface area contributed by atoms with E-state index in [9.17, 15) is 9.59 Å². The zero-order valence-electron chi connectivity index (χ0n) is 15.7. The number of halogens is 1. The zero-order chi connectivity index (χ0) is 19.7. The maximum Gasteiger partial charge on any atom is 0.419 e. The van der Waals surface area contributed by atoms with Crippen LogP contribution in [0.4, 0.5) is 0 Å². The van der Waals surface area contributed by atoms with E-state index < -0.39 is 5.76 Å². The Hall–Kier alpha value is -2.57. The summed E-state index contributed by atoms with van der Waals surface area (Å²) in [5.74, 6) is -0.430. The van der Waals surface area contributed by atoms with E-state index in [2.05, 4.69) is 24.1 Å². The number of nitrogens with zero attached hydrogens (tertiary/aromatic N) is 3. The molecule has 1 aromatic heterocycles. The average molecular weight is 400 g/mol. The van der Waals surface area contributed by atoms with Gasteiger partial charge in [-0.25, -0.2) is 4.79 Å². The number of rotatable bonds is 4. The minimum absolute atomic E-state index is 0.0177. The molecule has 2 aromatic carbocycles. The highest BCUT2D eigenvalue weighted by Crippen LogP contribution is 2.26. The van der Waals surface area contributed by atoms with Crippen molar-refractivity contribution >= 4 is 28.6 Å². The van der Waals surface area contributed by atoms with Gasteiger partial charge in [0.25, 0.3) is 0 Å². The van der Waals surface area contributed by atoms with Crippen LogP contribution in [0.25, 0.3) is 11.1 Å². The monoisotopic (exact) mass is 399 g/mol. The summed E-state index contributed by atoms with van der Waals surface area (Å²) in [6.45, 7) is 2.58. The summed E-state index contributed by atoms with van der Waals surface area (Å²) in [7, 11) is 2.07. The van der Waals surface area contributed by atoms with Crippen LogP contribution in [0.3, 0.4) is 0 Å². The van der Waals surface area contributed by atoms with Gasteiger partial charge < -0.3 is 14.2 Å². The van der Waals surface area contributed by atoms with Crippen molar-refractivity contribution in [3.05, 3.63) is 69.7 Å². The molecule has 1 atom stereocenters. The van der Waals surface area contributed by atoms with Gasteiger partial charge in [0.2, 0.25) is 5.91 Å². The third-order valence-corrected chi connectivity index (χ3v) is 5.50. The first-order valence-electron chi connectivity index (χ1n) is 9.35. The highest BCUT2D eigenvalue weighted by atomic mass is 35.5. The number of oxazole rings is 1. The minimum Gasteiger partial charge on any atom is -0.408 e. The molecule has 146 valence electrons. The van der Waals surface area contributed by atoms with Crippen LogP contribution in [-0.2, 0) is 11.3 Å². The fraction of sp³-hybridized carbons (Fsp3) is 0.333. The predicted molar refractivity (Wildman–Crippen MR) is 108 cm³/mol. The maximum atomic E-state index is 13.0. The number of aryl methyl sites for hydroxylation is 1. The van der Waals surface area contributed by atoms with Gasteiger partial charge in [-0.1, -0.05) is 41.9 Å². The SMILES string of the molecule is CN1CCN(C(=O)CCn2c(=O)oc3cc(Cl)ccc32)[C@H](c2ccccc2)C1. The van der Waals surface area contributed by atoms with Crippen LogP contribution in [0.5, 0.6) is 0 Å². The van der Waals surface area contributed by atoms with Gasteiger partial charge in [0.1, 0.15) is 0 Å². The number of carbonyl (C=O) groups is 1. The molecular formula is C21H22ClN3O3. The Balaban J connectivity index is 1.53. The van der Waals surface area contributed by atoms with E-state index in [-0.39, 0.29) is 24.9 Å². The van der Waals surface area contributed by atoms with E-state index in [0.29, 0.717) is 22.7 Å². The molecule has 1 saturated heterocycles. The summed E-state index contributed by atoms with van der Waals surface area (Å²) >= 11 is 5.96. The van der Waals surface area contributed by atoms with Crippen molar-refractivity contribution in [1.82, 2.24) is 14.4 Å². The summed E-state index contributed by atoms with van der Waals surface area (Å²) in [6, 6.07) is 15.2. The third-order valence-electron chi connectivity index (χ3n) is 5.27. The van der Waals surface area contributed by atoms with Gasteiger partial charge in [0.05, 0.1) is 11.6 Å². The fourth-order valence-electron chi connectivity index (χ4n) is 3.78. The molecule has 1 fully saturated rings. The standard InChI is InChI=1S/C21H22ClN3O3/c1-23-11-12-24(18(14-23)15-5-3-2-4-6-15)20(26)9-10-25-17-8-7-16(22)13-19(17)28-21(25)27/h2-8,13,18H,9-12,14H2,1H3/t18-/m0/s1. The van der Waals surface area contributed by atoms with Crippen molar-refractivity contribution in [2.24, 2.45) is 0 Å². The van der Waals surface area contributed by atoms with Crippen LogP contribution in [0, 0.1) is 0 Å². The van der Waals surface area contributed by atoms with E-state index in [1.165, 1.54) is 4.57 Å². The summed E-state index contributed by atoms with van der Waals surface area (Å²) in [4.78, 5) is 29.4. The lowest BCUT2D eigenvalue weighted by atomic mass is 10.0. The number of carbonyl (C=O) groups excluding carboxylic acids is 1. The van der Waals surface area contributed by atoms with Crippen LogP contribution in [0.1, 0.15) is 18.0 Å². The largest absolute Gasteiger partial charge is 0.419 e. The summed E-state index contributed by atoms with van der Waals surface area (Å²) < 4.78 is 6.75. The molecule has 28 heavy (non-hydrogen) atoms. The van der Waals surface area contributed by atoms with Crippen molar-refractivity contribution in [2.45, 2.75) is 19.0 Å². The van der Waals surface area contributed by atoms with Crippen molar-refractivity contribution in [1.29, 1.82) is 0 Å². The van der Waals surface area contributed by atoms with Gasteiger partial charge in [0.15, 0.2) is 5.58 Å². The Labute approximate surface area is 167 Å². The van der Waals surface area contributed by atoms with Crippen LogP contribution in [-0.4, -0.2) is 47.0 Å². The van der Waals surface area contributed by atoms with Gasteiger partial charge in [-0.2, -0.15) is 0 Å². The number of aromatic nitrogens is 1. The lowest BCUT2D eigenvalue weighted by Gasteiger charge is -2.40. The summed E-state index contributed by atoms with van der Waals surface area (Å²) in [5.41, 5.74) is 2.22. The zero-order valence-corrected chi connectivity index (χ0v) is 16.4. The normalized spacial score (nSPS) is 17.9. The Morgan fingerprint density at radius 2 is 1.96 bits per heavy atom. The van der Waals surface area contributed by atoms with Gasteiger partial charge in [-0.15, -0.1) is 0 Å². The second kappa shape index (κ2) is 7.81.